The van der Waals surface area contributed by atoms with Crippen LogP contribution in [0.2, 0.25) is 0 Å². The molecule has 0 N–H and O–H groups in total. The molecule has 0 aliphatic carbocycles. The minimum atomic E-state index is -0.240. The normalized spacial score (nSPS) is 20.5. The number of benzene rings is 1. The van der Waals surface area contributed by atoms with Gasteiger partial charge in [0, 0.05) is 6.61 Å². The molecule has 1 unspecified atom stereocenters. The predicted molar refractivity (Wildman–Crippen MR) is 77.8 cm³/mol. The summed E-state index contributed by atoms with van der Waals surface area (Å²) in [6.07, 6.45) is 5.20. The first-order valence-electron chi connectivity index (χ1n) is 7.42. The molecule has 19 heavy (non-hydrogen) atoms. The Hall–Kier alpha value is -0.860. The van der Waals surface area contributed by atoms with E-state index >= 15 is 0 Å². The molecule has 1 radical (unpaired) electrons. The molecule has 1 atom stereocenters. The van der Waals surface area contributed by atoms with E-state index < -0.39 is 0 Å². The van der Waals surface area contributed by atoms with Crippen molar-refractivity contribution < 1.29 is 9.47 Å². The van der Waals surface area contributed by atoms with Crippen molar-refractivity contribution in [2.45, 2.75) is 57.8 Å². The molecule has 1 aliphatic rings. The highest BCUT2D eigenvalue weighted by molar-refractivity contribution is 5.30. The molecule has 0 bridgehead atoms. The Morgan fingerprint density at radius 3 is 2.68 bits per heavy atom. The maximum atomic E-state index is 6.37. The summed E-state index contributed by atoms with van der Waals surface area (Å²) in [5, 5.41) is 0. The monoisotopic (exact) mass is 261 g/mol. The van der Waals surface area contributed by atoms with Gasteiger partial charge < -0.3 is 9.47 Å². The van der Waals surface area contributed by atoms with Crippen molar-refractivity contribution in [1.82, 2.24) is 0 Å². The van der Waals surface area contributed by atoms with Crippen LogP contribution in [0.1, 0.15) is 57.1 Å². The molecule has 1 aromatic carbocycles. The molecular formula is C17H25O2. The highest BCUT2D eigenvalue weighted by Crippen LogP contribution is 2.36. The summed E-state index contributed by atoms with van der Waals surface area (Å²) in [7, 11) is 0. The average Bonchev–Trinajstić information content (AvgIpc) is 2.46. The van der Waals surface area contributed by atoms with Crippen LogP contribution in [-0.2, 0) is 15.1 Å². The highest BCUT2D eigenvalue weighted by atomic mass is 16.7. The first-order chi connectivity index (χ1) is 9.20. The van der Waals surface area contributed by atoms with E-state index in [1.807, 2.05) is 6.07 Å². The molecule has 1 fully saturated rings. The summed E-state index contributed by atoms with van der Waals surface area (Å²) in [5.74, 6) is 0. The van der Waals surface area contributed by atoms with Crippen molar-refractivity contribution in [3.63, 3.8) is 0 Å². The standard InChI is InChI=1S/C17H25O2/c1-4-17(5-2,15-10-8-9-14(3)13-15)19-16-11-6-7-12-18-16/h8-10,13,16H,3-7,11-12H2,1-2H3. The number of rotatable bonds is 5. The van der Waals surface area contributed by atoms with Gasteiger partial charge in [-0.05, 0) is 50.2 Å². The Bertz CT molecular complexity index is 390. The Morgan fingerprint density at radius 1 is 1.32 bits per heavy atom. The second kappa shape index (κ2) is 6.53. The Labute approximate surface area is 117 Å². The molecule has 2 heteroatoms. The maximum absolute atomic E-state index is 6.37. The van der Waals surface area contributed by atoms with Crippen LogP contribution in [-0.4, -0.2) is 12.9 Å². The summed E-state index contributed by atoms with van der Waals surface area (Å²) >= 11 is 0. The third kappa shape index (κ3) is 3.37. The second-order valence-electron chi connectivity index (χ2n) is 5.32. The van der Waals surface area contributed by atoms with Gasteiger partial charge in [-0.2, -0.15) is 0 Å². The van der Waals surface area contributed by atoms with Crippen LogP contribution in [0.25, 0.3) is 0 Å². The molecule has 1 heterocycles. The van der Waals surface area contributed by atoms with Crippen molar-refractivity contribution in [1.29, 1.82) is 0 Å². The molecular weight excluding hydrogens is 236 g/mol. The lowest BCUT2D eigenvalue weighted by Gasteiger charge is -2.37. The number of ether oxygens (including phenoxy) is 2. The first kappa shape index (κ1) is 14.5. The van der Waals surface area contributed by atoms with Crippen molar-refractivity contribution in [2.75, 3.05) is 6.61 Å². The summed E-state index contributed by atoms with van der Waals surface area (Å²) in [6.45, 7) is 9.21. The van der Waals surface area contributed by atoms with Crippen LogP contribution < -0.4 is 0 Å². The van der Waals surface area contributed by atoms with Gasteiger partial charge in [0.05, 0.1) is 5.60 Å². The zero-order valence-corrected chi connectivity index (χ0v) is 12.2. The summed E-state index contributed by atoms with van der Waals surface area (Å²) in [5.41, 5.74) is 2.02. The van der Waals surface area contributed by atoms with Crippen molar-refractivity contribution in [2.24, 2.45) is 0 Å². The van der Waals surface area contributed by atoms with Crippen LogP contribution in [0.4, 0.5) is 0 Å². The van der Waals surface area contributed by atoms with Gasteiger partial charge in [-0.15, -0.1) is 0 Å². The third-order valence-electron chi connectivity index (χ3n) is 4.09. The smallest absolute Gasteiger partial charge is 0.158 e. The summed E-state index contributed by atoms with van der Waals surface area (Å²) < 4.78 is 12.1. The fraction of sp³-hybridized carbons (Fsp3) is 0.588. The van der Waals surface area contributed by atoms with Gasteiger partial charge in [-0.25, -0.2) is 0 Å². The molecule has 0 saturated carbocycles. The second-order valence-corrected chi connectivity index (χ2v) is 5.32. The van der Waals surface area contributed by atoms with E-state index in [2.05, 4.69) is 39.0 Å². The molecule has 2 nitrogen and oxygen atoms in total. The quantitative estimate of drug-likeness (QED) is 0.780. The van der Waals surface area contributed by atoms with Gasteiger partial charge in [-0.1, -0.05) is 38.1 Å². The van der Waals surface area contributed by atoms with E-state index in [1.54, 1.807) is 0 Å². The first-order valence-corrected chi connectivity index (χ1v) is 7.42. The van der Waals surface area contributed by atoms with E-state index in [0.29, 0.717) is 0 Å². The largest absolute Gasteiger partial charge is 0.353 e. The lowest BCUT2D eigenvalue weighted by Crippen LogP contribution is -2.36. The SMILES string of the molecule is [CH2]c1cccc(C(CC)(CC)OC2CCCCO2)c1. The van der Waals surface area contributed by atoms with Gasteiger partial charge in [0.15, 0.2) is 6.29 Å². The minimum Gasteiger partial charge on any atom is -0.353 e. The number of hydrogen-bond acceptors (Lipinski definition) is 2. The zero-order chi connectivity index (χ0) is 13.7. The van der Waals surface area contributed by atoms with Gasteiger partial charge in [0.1, 0.15) is 0 Å². The molecule has 1 aliphatic heterocycles. The van der Waals surface area contributed by atoms with Crippen molar-refractivity contribution >= 4 is 0 Å². The van der Waals surface area contributed by atoms with Gasteiger partial charge in [0.2, 0.25) is 0 Å². The maximum Gasteiger partial charge on any atom is 0.158 e. The van der Waals surface area contributed by atoms with E-state index in [1.165, 1.54) is 12.0 Å². The van der Waals surface area contributed by atoms with Crippen LogP contribution in [0.15, 0.2) is 24.3 Å². The molecule has 105 valence electrons. The average molecular weight is 261 g/mol. The Morgan fingerprint density at radius 2 is 2.11 bits per heavy atom. The summed E-state index contributed by atoms with van der Waals surface area (Å²) in [6, 6.07) is 8.36. The van der Waals surface area contributed by atoms with Crippen LogP contribution in [0.3, 0.4) is 0 Å². The van der Waals surface area contributed by atoms with Crippen LogP contribution >= 0.6 is 0 Å². The highest BCUT2D eigenvalue weighted by Gasteiger charge is 2.33. The van der Waals surface area contributed by atoms with Gasteiger partial charge in [-0.3, -0.25) is 0 Å². The van der Waals surface area contributed by atoms with E-state index in [4.69, 9.17) is 9.47 Å². The third-order valence-corrected chi connectivity index (χ3v) is 4.09. The van der Waals surface area contributed by atoms with Crippen LogP contribution in [0, 0.1) is 6.92 Å². The molecule has 0 amide bonds. The Balaban J connectivity index is 2.20. The van der Waals surface area contributed by atoms with E-state index in [9.17, 15) is 0 Å². The van der Waals surface area contributed by atoms with Crippen molar-refractivity contribution in [3.05, 3.63) is 42.3 Å². The molecule has 0 aromatic heterocycles. The fourth-order valence-corrected chi connectivity index (χ4v) is 2.80. The van der Waals surface area contributed by atoms with Gasteiger partial charge in [0.25, 0.3) is 0 Å². The molecule has 1 saturated heterocycles. The van der Waals surface area contributed by atoms with Crippen LogP contribution in [0.5, 0.6) is 0 Å². The van der Waals surface area contributed by atoms with Crippen molar-refractivity contribution in [3.8, 4) is 0 Å². The molecule has 2 rings (SSSR count). The predicted octanol–water partition coefficient (Wildman–Crippen LogP) is 4.43. The fourth-order valence-electron chi connectivity index (χ4n) is 2.80. The zero-order valence-electron chi connectivity index (χ0n) is 12.2. The lowest BCUT2D eigenvalue weighted by molar-refractivity contribution is -0.232. The van der Waals surface area contributed by atoms with E-state index in [0.717, 1.165) is 37.9 Å². The van der Waals surface area contributed by atoms with E-state index in [-0.39, 0.29) is 11.9 Å². The number of hydrogen-bond donors (Lipinski definition) is 0. The Kier molecular flexibility index (Phi) is 5.00. The lowest BCUT2D eigenvalue weighted by atomic mass is 9.87. The minimum absolute atomic E-state index is 0.0536. The topological polar surface area (TPSA) is 18.5 Å². The van der Waals surface area contributed by atoms with Gasteiger partial charge >= 0.3 is 0 Å². The summed E-state index contributed by atoms with van der Waals surface area (Å²) in [4.78, 5) is 0. The molecule has 1 aromatic rings. The molecule has 0 spiro atoms.